The van der Waals surface area contributed by atoms with Crippen LogP contribution in [0.3, 0.4) is 0 Å². The molecule has 6 heteroatoms. The molecular weight excluding hydrogens is 346 g/mol. The number of rotatable bonds is 5. The molecule has 152 valence electrons. The summed E-state index contributed by atoms with van der Waals surface area (Å²) in [5.41, 5.74) is -1.29. The highest BCUT2D eigenvalue weighted by molar-refractivity contribution is 6.74. The first-order valence-corrected chi connectivity index (χ1v) is 12.4. The standard InChI is InChI=1S/C20H39NO4Si/c1-12-13-16(25-26(10,11)19(5,6)7)15-14-23-20(8,9)21(15)17(22)24-18(2,3)4/h12,15-16H,1,13-14H2,2-11H3/t15-,16+/m1/s1. The van der Waals surface area contributed by atoms with Crippen LogP contribution in [0.5, 0.6) is 0 Å². The highest BCUT2D eigenvalue weighted by atomic mass is 28.4. The smallest absolute Gasteiger partial charge is 0.412 e. The molecular formula is C20H39NO4Si. The number of amides is 1. The molecule has 1 aliphatic rings. The molecule has 0 unspecified atom stereocenters. The molecule has 0 saturated carbocycles. The highest BCUT2D eigenvalue weighted by Gasteiger charge is 2.50. The molecule has 0 spiro atoms. The van der Waals surface area contributed by atoms with Gasteiger partial charge in [0.1, 0.15) is 11.3 Å². The summed E-state index contributed by atoms with van der Waals surface area (Å²) in [6.07, 6.45) is 1.99. The van der Waals surface area contributed by atoms with E-state index in [0.29, 0.717) is 13.0 Å². The molecule has 26 heavy (non-hydrogen) atoms. The Bertz CT molecular complexity index is 517. The lowest BCUT2D eigenvalue weighted by molar-refractivity contribution is -0.0670. The zero-order valence-electron chi connectivity index (χ0n) is 18.4. The fraction of sp³-hybridized carbons (Fsp3) is 0.850. The Hall–Kier alpha value is -0.853. The fourth-order valence-corrected chi connectivity index (χ4v) is 4.14. The quantitative estimate of drug-likeness (QED) is 0.474. The Morgan fingerprint density at radius 1 is 1.31 bits per heavy atom. The van der Waals surface area contributed by atoms with E-state index in [0.717, 1.165) is 0 Å². The summed E-state index contributed by atoms with van der Waals surface area (Å²) in [4.78, 5) is 14.6. The second-order valence-electron chi connectivity index (χ2n) is 10.1. The van der Waals surface area contributed by atoms with Gasteiger partial charge in [-0.05, 0) is 59.2 Å². The van der Waals surface area contributed by atoms with Crippen molar-refractivity contribution in [3.63, 3.8) is 0 Å². The lowest BCUT2D eigenvalue weighted by Crippen LogP contribution is -2.56. The molecule has 0 aromatic carbocycles. The molecule has 1 amide bonds. The molecule has 0 aromatic heterocycles. The van der Waals surface area contributed by atoms with Gasteiger partial charge in [-0.15, -0.1) is 6.58 Å². The number of hydrogen-bond donors (Lipinski definition) is 0. The Kier molecular flexibility index (Phi) is 6.81. The average Bonchev–Trinajstić information content (AvgIpc) is 2.70. The second-order valence-corrected chi connectivity index (χ2v) is 14.9. The zero-order valence-corrected chi connectivity index (χ0v) is 19.4. The number of carbonyl (C=O) groups excluding carboxylic acids is 1. The normalized spacial score (nSPS) is 22.2. The van der Waals surface area contributed by atoms with Crippen molar-refractivity contribution in [3.05, 3.63) is 12.7 Å². The summed E-state index contributed by atoms with van der Waals surface area (Å²) in [6, 6.07) is -0.202. The van der Waals surface area contributed by atoms with Gasteiger partial charge in [-0.1, -0.05) is 26.8 Å². The van der Waals surface area contributed by atoms with Gasteiger partial charge in [0.25, 0.3) is 0 Å². The van der Waals surface area contributed by atoms with Crippen molar-refractivity contribution >= 4 is 14.4 Å². The van der Waals surface area contributed by atoms with Crippen molar-refractivity contribution in [2.45, 2.75) is 103 Å². The molecule has 0 bridgehead atoms. The highest BCUT2D eigenvalue weighted by Crippen LogP contribution is 2.40. The third-order valence-electron chi connectivity index (χ3n) is 5.19. The first-order valence-electron chi connectivity index (χ1n) is 9.47. The number of ether oxygens (including phenoxy) is 2. The molecule has 0 N–H and O–H groups in total. The Labute approximate surface area is 161 Å². The van der Waals surface area contributed by atoms with Gasteiger partial charge < -0.3 is 13.9 Å². The fourth-order valence-electron chi connectivity index (χ4n) is 2.78. The van der Waals surface area contributed by atoms with Gasteiger partial charge >= 0.3 is 6.09 Å². The van der Waals surface area contributed by atoms with E-state index in [9.17, 15) is 4.79 Å². The first kappa shape index (κ1) is 23.2. The Morgan fingerprint density at radius 3 is 2.27 bits per heavy atom. The van der Waals surface area contributed by atoms with Gasteiger partial charge in [0.15, 0.2) is 8.32 Å². The SMILES string of the molecule is C=CC[C@H](O[Si](C)(C)C(C)(C)C)[C@H]1COC(C)(C)N1C(=O)OC(C)(C)C. The summed E-state index contributed by atoms with van der Waals surface area (Å²) in [6.45, 7) is 24.8. The molecule has 0 aromatic rings. The van der Waals surface area contributed by atoms with Gasteiger partial charge in [0.2, 0.25) is 0 Å². The van der Waals surface area contributed by atoms with Crippen molar-refractivity contribution < 1.29 is 18.7 Å². The second kappa shape index (κ2) is 7.64. The van der Waals surface area contributed by atoms with E-state index < -0.39 is 19.6 Å². The predicted octanol–water partition coefficient (Wildman–Crippen LogP) is 5.32. The summed E-state index contributed by atoms with van der Waals surface area (Å²) >= 11 is 0. The predicted molar refractivity (Wildman–Crippen MR) is 109 cm³/mol. The minimum Gasteiger partial charge on any atom is -0.444 e. The van der Waals surface area contributed by atoms with Crippen molar-refractivity contribution in [2.75, 3.05) is 6.61 Å². The third-order valence-corrected chi connectivity index (χ3v) is 9.69. The van der Waals surface area contributed by atoms with Gasteiger partial charge in [-0.3, -0.25) is 4.90 Å². The van der Waals surface area contributed by atoms with Crippen LogP contribution in [0.2, 0.25) is 18.1 Å². The molecule has 1 rings (SSSR count). The van der Waals surface area contributed by atoms with Crippen molar-refractivity contribution in [1.82, 2.24) is 4.90 Å². The Morgan fingerprint density at radius 2 is 1.85 bits per heavy atom. The van der Waals surface area contributed by atoms with Crippen LogP contribution in [0.4, 0.5) is 4.79 Å². The van der Waals surface area contributed by atoms with Gasteiger partial charge in [-0.25, -0.2) is 4.79 Å². The number of nitrogens with zero attached hydrogens (tertiary/aromatic N) is 1. The van der Waals surface area contributed by atoms with E-state index in [1.54, 1.807) is 4.90 Å². The molecule has 1 aliphatic heterocycles. The van der Waals surface area contributed by atoms with Crippen LogP contribution >= 0.6 is 0 Å². The van der Waals surface area contributed by atoms with Crippen LogP contribution < -0.4 is 0 Å². The first-order chi connectivity index (χ1) is 11.5. The minimum atomic E-state index is -2.01. The monoisotopic (exact) mass is 385 g/mol. The average molecular weight is 386 g/mol. The molecule has 1 saturated heterocycles. The van der Waals surface area contributed by atoms with Gasteiger partial charge in [0, 0.05) is 0 Å². The number of carbonyl (C=O) groups is 1. The molecule has 2 atom stereocenters. The summed E-state index contributed by atoms with van der Waals surface area (Å²) in [7, 11) is -2.01. The van der Waals surface area contributed by atoms with Crippen LogP contribution in [0.25, 0.3) is 0 Å². The molecule has 5 nitrogen and oxygen atoms in total. The van der Waals surface area contributed by atoms with Crippen LogP contribution in [0.15, 0.2) is 12.7 Å². The number of hydrogen-bond acceptors (Lipinski definition) is 4. The van der Waals surface area contributed by atoms with Crippen LogP contribution in [-0.2, 0) is 13.9 Å². The molecule has 0 radical (unpaired) electrons. The zero-order chi connectivity index (χ0) is 20.6. The summed E-state index contributed by atoms with van der Waals surface area (Å²) < 4.78 is 18.3. The summed E-state index contributed by atoms with van der Waals surface area (Å²) in [5, 5.41) is 0.0815. The van der Waals surface area contributed by atoms with Gasteiger partial charge in [0.05, 0.1) is 18.8 Å². The van der Waals surface area contributed by atoms with Crippen LogP contribution in [0, 0.1) is 0 Å². The van der Waals surface area contributed by atoms with Crippen LogP contribution in [-0.4, -0.2) is 49.4 Å². The topological polar surface area (TPSA) is 48.0 Å². The summed E-state index contributed by atoms with van der Waals surface area (Å²) in [5.74, 6) is 0. The van der Waals surface area contributed by atoms with Gasteiger partial charge in [-0.2, -0.15) is 0 Å². The van der Waals surface area contributed by atoms with Crippen molar-refractivity contribution in [3.8, 4) is 0 Å². The van der Waals surface area contributed by atoms with E-state index in [1.807, 2.05) is 40.7 Å². The van der Waals surface area contributed by atoms with Crippen molar-refractivity contribution in [1.29, 1.82) is 0 Å². The maximum absolute atomic E-state index is 12.9. The maximum Gasteiger partial charge on any atom is 0.412 e. The van der Waals surface area contributed by atoms with E-state index in [2.05, 4.69) is 40.4 Å². The van der Waals surface area contributed by atoms with Crippen molar-refractivity contribution in [2.24, 2.45) is 0 Å². The third kappa shape index (κ3) is 5.57. The lowest BCUT2D eigenvalue weighted by atomic mass is 10.1. The van der Waals surface area contributed by atoms with Crippen LogP contribution in [0.1, 0.15) is 61.8 Å². The lowest BCUT2D eigenvalue weighted by Gasteiger charge is -2.43. The Balaban J connectivity index is 3.15. The molecule has 1 fully saturated rings. The van der Waals surface area contributed by atoms with E-state index >= 15 is 0 Å². The van der Waals surface area contributed by atoms with E-state index in [-0.39, 0.29) is 23.3 Å². The van der Waals surface area contributed by atoms with E-state index in [1.165, 1.54) is 0 Å². The molecule has 0 aliphatic carbocycles. The van der Waals surface area contributed by atoms with E-state index in [4.69, 9.17) is 13.9 Å². The largest absolute Gasteiger partial charge is 0.444 e. The molecule has 1 heterocycles. The maximum atomic E-state index is 12.9. The minimum absolute atomic E-state index is 0.0815.